The van der Waals surface area contributed by atoms with E-state index in [1.807, 2.05) is 48.5 Å². The zero-order valence-electron chi connectivity index (χ0n) is 15.2. The Morgan fingerprint density at radius 3 is 2.37 bits per heavy atom. The average molecular weight is 379 g/mol. The molecule has 138 valence electrons. The van der Waals surface area contributed by atoms with E-state index in [2.05, 4.69) is 22.0 Å². The zero-order valence-corrected chi connectivity index (χ0v) is 15.9. The number of rotatable bonds is 5. The Kier molecular flexibility index (Phi) is 5.26. The molecular formula is C23H23ClN2O. The van der Waals surface area contributed by atoms with Crippen LogP contribution in [-0.2, 0) is 12.1 Å². The molecule has 1 N–H and O–H groups in total. The number of likely N-dealkylation sites (tertiary alicyclic amines) is 1. The van der Waals surface area contributed by atoms with Crippen molar-refractivity contribution in [1.82, 2.24) is 9.88 Å². The van der Waals surface area contributed by atoms with Crippen molar-refractivity contribution in [2.75, 3.05) is 13.1 Å². The smallest absolute Gasteiger partial charge is 0.157 e. The molecule has 0 aliphatic carbocycles. The van der Waals surface area contributed by atoms with E-state index in [-0.39, 0.29) is 0 Å². The van der Waals surface area contributed by atoms with Gasteiger partial charge >= 0.3 is 0 Å². The third kappa shape index (κ3) is 3.77. The predicted octanol–water partition coefficient (Wildman–Crippen LogP) is 4.62. The van der Waals surface area contributed by atoms with Crippen LogP contribution in [0.15, 0.2) is 72.9 Å². The van der Waals surface area contributed by atoms with Gasteiger partial charge in [0, 0.05) is 17.8 Å². The van der Waals surface area contributed by atoms with Gasteiger partial charge in [-0.3, -0.25) is 9.88 Å². The molecule has 3 nitrogen and oxygen atoms in total. The highest BCUT2D eigenvalue weighted by Gasteiger charge is 2.35. The van der Waals surface area contributed by atoms with Gasteiger partial charge in [-0.25, -0.2) is 0 Å². The SMILES string of the molecule is OC(c1ccc(CN2CCCC2)cc1)(c1cccc(Cl)c1)c1ccccn1. The van der Waals surface area contributed by atoms with E-state index in [9.17, 15) is 5.11 Å². The summed E-state index contributed by atoms with van der Waals surface area (Å²) in [5.74, 6) is 0. The highest BCUT2D eigenvalue weighted by molar-refractivity contribution is 6.30. The minimum Gasteiger partial charge on any atom is -0.374 e. The van der Waals surface area contributed by atoms with Gasteiger partial charge in [-0.2, -0.15) is 0 Å². The van der Waals surface area contributed by atoms with Crippen LogP contribution >= 0.6 is 11.6 Å². The fraction of sp³-hybridized carbons (Fsp3) is 0.261. The molecule has 27 heavy (non-hydrogen) atoms. The van der Waals surface area contributed by atoms with Crippen LogP contribution in [0.3, 0.4) is 0 Å². The Morgan fingerprint density at radius 2 is 1.70 bits per heavy atom. The van der Waals surface area contributed by atoms with E-state index in [0.717, 1.165) is 12.1 Å². The van der Waals surface area contributed by atoms with Crippen molar-refractivity contribution in [3.05, 3.63) is 100 Å². The molecule has 3 aromatic rings. The fourth-order valence-corrected chi connectivity index (χ4v) is 3.99. The summed E-state index contributed by atoms with van der Waals surface area (Å²) >= 11 is 6.21. The summed E-state index contributed by atoms with van der Waals surface area (Å²) in [4.78, 5) is 6.91. The summed E-state index contributed by atoms with van der Waals surface area (Å²) in [6, 6.07) is 21.1. The maximum absolute atomic E-state index is 11.8. The van der Waals surface area contributed by atoms with Gasteiger partial charge < -0.3 is 5.11 Å². The summed E-state index contributed by atoms with van der Waals surface area (Å²) in [6.07, 6.45) is 4.27. The highest BCUT2D eigenvalue weighted by Crippen LogP contribution is 2.36. The van der Waals surface area contributed by atoms with Gasteiger partial charge in [-0.05, 0) is 66.9 Å². The molecule has 1 aliphatic heterocycles. The molecular weight excluding hydrogens is 356 g/mol. The molecule has 0 amide bonds. The first-order valence-corrected chi connectivity index (χ1v) is 9.76. The number of halogens is 1. The van der Waals surface area contributed by atoms with E-state index in [4.69, 9.17) is 11.6 Å². The Hall–Kier alpha value is -2.20. The molecule has 0 bridgehead atoms. The molecule has 1 aromatic heterocycles. The number of nitrogens with zero attached hydrogens (tertiary/aromatic N) is 2. The van der Waals surface area contributed by atoms with E-state index in [1.165, 1.54) is 31.5 Å². The fourth-order valence-electron chi connectivity index (χ4n) is 3.80. The number of benzene rings is 2. The monoisotopic (exact) mass is 378 g/mol. The minimum absolute atomic E-state index is 0.583. The Bertz CT molecular complexity index is 892. The van der Waals surface area contributed by atoms with Crippen molar-refractivity contribution in [2.45, 2.75) is 25.0 Å². The minimum atomic E-state index is -1.35. The van der Waals surface area contributed by atoms with E-state index in [1.54, 1.807) is 12.3 Å². The highest BCUT2D eigenvalue weighted by atomic mass is 35.5. The van der Waals surface area contributed by atoms with Crippen LogP contribution in [-0.4, -0.2) is 28.1 Å². The molecule has 4 rings (SSSR count). The van der Waals surface area contributed by atoms with E-state index < -0.39 is 5.60 Å². The molecule has 1 atom stereocenters. The Labute approximate surface area is 165 Å². The first-order chi connectivity index (χ1) is 13.2. The van der Waals surface area contributed by atoms with Crippen molar-refractivity contribution in [1.29, 1.82) is 0 Å². The van der Waals surface area contributed by atoms with E-state index in [0.29, 0.717) is 16.3 Å². The van der Waals surface area contributed by atoms with Crippen molar-refractivity contribution in [3.8, 4) is 0 Å². The quantitative estimate of drug-likeness (QED) is 0.704. The van der Waals surface area contributed by atoms with Gasteiger partial charge in [-0.1, -0.05) is 54.1 Å². The van der Waals surface area contributed by atoms with Crippen LogP contribution < -0.4 is 0 Å². The molecule has 0 saturated carbocycles. The van der Waals surface area contributed by atoms with Gasteiger partial charge in [0.2, 0.25) is 0 Å². The van der Waals surface area contributed by atoms with Crippen LogP contribution in [0.1, 0.15) is 35.2 Å². The first kappa shape index (κ1) is 18.2. The predicted molar refractivity (Wildman–Crippen MR) is 109 cm³/mol. The molecule has 2 heterocycles. The van der Waals surface area contributed by atoms with Crippen LogP contribution in [0.4, 0.5) is 0 Å². The molecule has 2 aromatic carbocycles. The Morgan fingerprint density at radius 1 is 0.926 bits per heavy atom. The second kappa shape index (κ2) is 7.81. The van der Waals surface area contributed by atoms with Crippen molar-refractivity contribution in [3.63, 3.8) is 0 Å². The molecule has 1 unspecified atom stereocenters. The molecule has 1 fully saturated rings. The second-order valence-electron chi connectivity index (χ2n) is 7.12. The van der Waals surface area contributed by atoms with Crippen molar-refractivity contribution >= 4 is 11.6 Å². The van der Waals surface area contributed by atoms with Crippen LogP contribution in [0.2, 0.25) is 5.02 Å². The molecule has 4 heteroatoms. The standard InChI is InChI=1S/C23H23ClN2O/c24-21-7-5-6-20(16-21)23(27,22-8-1-2-13-25-22)19-11-9-18(10-12-19)17-26-14-3-4-15-26/h1-2,5-13,16,27H,3-4,14-15,17H2. The van der Waals surface area contributed by atoms with Crippen molar-refractivity contribution < 1.29 is 5.11 Å². The van der Waals surface area contributed by atoms with Crippen LogP contribution in [0.5, 0.6) is 0 Å². The van der Waals surface area contributed by atoms with Crippen molar-refractivity contribution in [2.24, 2.45) is 0 Å². The molecule has 1 saturated heterocycles. The van der Waals surface area contributed by atoms with Gasteiger partial charge in [0.15, 0.2) is 5.60 Å². The zero-order chi connectivity index (χ0) is 18.7. The maximum atomic E-state index is 11.8. The molecule has 0 radical (unpaired) electrons. The molecule has 1 aliphatic rings. The summed E-state index contributed by atoms with van der Waals surface area (Å²) < 4.78 is 0. The van der Waals surface area contributed by atoms with Gasteiger partial charge in [0.05, 0.1) is 5.69 Å². The third-order valence-corrected chi connectivity index (χ3v) is 5.49. The van der Waals surface area contributed by atoms with Gasteiger partial charge in [0.1, 0.15) is 0 Å². The lowest BCUT2D eigenvalue weighted by Gasteiger charge is -2.29. The molecule has 0 spiro atoms. The lowest BCUT2D eigenvalue weighted by atomic mass is 9.83. The summed E-state index contributed by atoms with van der Waals surface area (Å²) in [6.45, 7) is 3.30. The topological polar surface area (TPSA) is 36.4 Å². The largest absolute Gasteiger partial charge is 0.374 e. The van der Waals surface area contributed by atoms with Gasteiger partial charge in [0.25, 0.3) is 0 Å². The summed E-state index contributed by atoms with van der Waals surface area (Å²) in [5, 5.41) is 12.4. The Balaban J connectivity index is 1.72. The number of aliphatic hydroxyl groups is 1. The number of hydrogen-bond donors (Lipinski definition) is 1. The number of hydrogen-bond acceptors (Lipinski definition) is 3. The van der Waals surface area contributed by atoms with E-state index >= 15 is 0 Å². The summed E-state index contributed by atoms with van der Waals surface area (Å²) in [7, 11) is 0. The second-order valence-corrected chi connectivity index (χ2v) is 7.55. The normalized spacial score (nSPS) is 17.0. The lowest BCUT2D eigenvalue weighted by molar-refractivity contribution is 0.121. The average Bonchev–Trinajstić information content (AvgIpc) is 3.22. The van der Waals surface area contributed by atoms with Crippen LogP contribution in [0.25, 0.3) is 0 Å². The van der Waals surface area contributed by atoms with Gasteiger partial charge in [-0.15, -0.1) is 0 Å². The van der Waals surface area contributed by atoms with Crippen LogP contribution in [0, 0.1) is 0 Å². The third-order valence-electron chi connectivity index (χ3n) is 5.25. The number of pyridine rings is 1. The lowest BCUT2D eigenvalue weighted by Crippen LogP contribution is -2.30. The number of aromatic nitrogens is 1. The maximum Gasteiger partial charge on any atom is 0.157 e. The first-order valence-electron chi connectivity index (χ1n) is 9.38. The summed E-state index contributed by atoms with van der Waals surface area (Å²) in [5.41, 5.74) is 1.99.